The van der Waals surface area contributed by atoms with Crippen LogP contribution in [0.25, 0.3) is 22.2 Å². The number of fused-ring (bicyclic) bond motifs is 1. The Bertz CT molecular complexity index is 825. The van der Waals surface area contributed by atoms with Crippen LogP contribution in [0, 0.1) is 0 Å². The maximum absolute atomic E-state index is 12.2. The average Bonchev–Trinajstić information content (AvgIpc) is 3.01. The van der Waals surface area contributed by atoms with Crippen LogP contribution in [0.4, 0.5) is 0 Å². The van der Waals surface area contributed by atoms with Gasteiger partial charge < -0.3 is 0 Å². The largest absolute Gasteiger partial charge is 0.283 e. The fraction of sp³-hybridized carbons (Fsp3) is 0.133. The number of nitrogens with zero attached hydrogens (tertiary/aromatic N) is 4. The zero-order valence-electron chi connectivity index (χ0n) is 11.4. The molecule has 0 atom stereocenters. The highest BCUT2D eigenvalue weighted by molar-refractivity contribution is 6.05. The quantitative estimate of drug-likeness (QED) is 0.670. The highest BCUT2D eigenvalue weighted by Gasteiger charge is 2.16. The highest BCUT2D eigenvalue weighted by Crippen LogP contribution is 2.29. The van der Waals surface area contributed by atoms with Crippen LogP contribution in [0.15, 0.2) is 48.8 Å². The molecule has 5 heteroatoms. The number of carbonyl (C=O) groups excluding carboxylic acids is 1. The first-order valence-corrected chi connectivity index (χ1v) is 6.25. The van der Waals surface area contributed by atoms with Crippen LogP contribution in [0.3, 0.4) is 0 Å². The van der Waals surface area contributed by atoms with Gasteiger partial charge in [0.1, 0.15) is 5.69 Å². The van der Waals surface area contributed by atoms with Crippen LogP contribution < -0.4 is 0 Å². The van der Waals surface area contributed by atoms with Gasteiger partial charge in [-0.3, -0.25) is 14.0 Å². The molecule has 1 aromatic carbocycles. The van der Waals surface area contributed by atoms with E-state index in [0.29, 0.717) is 5.57 Å². The Morgan fingerprint density at radius 1 is 1.25 bits per heavy atom. The van der Waals surface area contributed by atoms with E-state index < -0.39 is 0 Å². The van der Waals surface area contributed by atoms with Crippen LogP contribution in [0.1, 0.15) is 11.7 Å². The van der Waals surface area contributed by atoms with E-state index in [1.165, 1.54) is 0 Å². The molecule has 0 N–H and O–H groups in total. The molecule has 0 saturated carbocycles. The van der Waals surface area contributed by atoms with Crippen molar-refractivity contribution < 1.29 is 4.79 Å². The summed E-state index contributed by atoms with van der Waals surface area (Å²) in [6.45, 7) is 5.43. The summed E-state index contributed by atoms with van der Waals surface area (Å²) >= 11 is 0. The van der Waals surface area contributed by atoms with Gasteiger partial charge >= 0.3 is 0 Å². The van der Waals surface area contributed by atoms with Gasteiger partial charge in [0.25, 0.3) is 5.91 Å². The third kappa shape index (κ3) is 1.84. The number of aryl methyl sites for hydroxylation is 1. The van der Waals surface area contributed by atoms with Gasteiger partial charge in [-0.05, 0) is 13.0 Å². The van der Waals surface area contributed by atoms with Gasteiger partial charge in [0.15, 0.2) is 0 Å². The zero-order chi connectivity index (χ0) is 14.3. The lowest BCUT2D eigenvalue weighted by Crippen LogP contribution is -2.09. The normalized spacial score (nSPS) is 10.9. The van der Waals surface area contributed by atoms with Crippen LogP contribution in [-0.2, 0) is 7.05 Å². The van der Waals surface area contributed by atoms with E-state index in [9.17, 15) is 4.79 Å². The van der Waals surface area contributed by atoms with Gasteiger partial charge in [0, 0.05) is 29.8 Å². The Hall–Kier alpha value is -2.69. The molecule has 0 spiro atoms. The van der Waals surface area contributed by atoms with Gasteiger partial charge in [-0.2, -0.15) is 0 Å². The van der Waals surface area contributed by atoms with Crippen molar-refractivity contribution in [2.45, 2.75) is 6.92 Å². The molecule has 0 aliphatic rings. The minimum Gasteiger partial charge on any atom is -0.283 e. The number of carbonyl (C=O) groups is 1. The second-order valence-corrected chi connectivity index (χ2v) is 4.79. The average molecular weight is 266 g/mol. The molecule has 5 nitrogen and oxygen atoms in total. The van der Waals surface area contributed by atoms with E-state index in [4.69, 9.17) is 0 Å². The van der Waals surface area contributed by atoms with Crippen molar-refractivity contribution in [3.63, 3.8) is 0 Å². The van der Waals surface area contributed by atoms with Gasteiger partial charge in [0.2, 0.25) is 0 Å². The summed E-state index contributed by atoms with van der Waals surface area (Å²) in [5, 5.41) is 9.04. The molecule has 100 valence electrons. The number of rotatable bonds is 2. The van der Waals surface area contributed by atoms with Crippen molar-refractivity contribution in [3.05, 3.63) is 48.8 Å². The first-order chi connectivity index (χ1) is 9.58. The molecule has 20 heavy (non-hydrogen) atoms. The standard InChI is InChI=1S/C15H14N4O/c1-10(2)15(20)19-8-12(13-9-18(3)17-16-13)11-6-4-5-7-14(11)19/h4-9H,1H2,2-3H3. The van der Waals surface area contributed by atoms with Gasteiger partial charge in [-0.1, -0.05) is 30.0 Å². The molecule has 0 fully saturated rings. The lowest BCUT2D eigenvalue weighted by Gasteiger charge is -2.02. The van der Waals surface area contributed by atoms with Crippen molar-refractivity contribution in [1.82, 2.24) is 19.6 Å². The third-order valence-corrected chi connectivity index (χ3v) is 3.17. The molecule has 0 amide bonds. The molecule has 2 heterocycles. The first kappa shape index (κ1) is 12.3. The molecular weight excluding hydrogens is 252 g/mol. The van der Waals surface area contributed by atoms with Gasteiger partial charge in [0.05, 0.1) is 11.7 Å². The molecule has 0 aliphatic carbocycles. The number of hydrogen-bond acceptors (Lipinski definition) is 3. The smallest absolute Gasteiger partial charge is 0.257 e. The molecule has 0 unspecified atom stereocenters. The zero-order valence-corrected chi connectivity index (χ0v) is 11.4. The molecular formula is C15H14N4O. The molecule has 0 bridgehead atoms. The molecule has 3 rings (SSSR count). The van der Waals surface area contributed by atoms with Crippen LogP contribution in [0.5, 0.6) is 0 Å². The summed E-state index contributed by atoms with van der Waals surface area (Å²) in [7, 11) is 1.81. The molecule has 2 aromatic heterocycles. The second kappa shape index (κ2) is 4.45. The highest BCUT2D eigenvalue weighted by atomic mass is 16.2. The number of para-hydroxylation sites is 1. The van der Waals surface area contributed by atoms with Crippen LogP contribution in [0.2, 0.25) is 0 Å². The number of aromatic nitrogens is 4. The van der Waals surface area contributed by atoms with Gasteiger partial charge in [-0.15, -0.1) is 5.10 Å². The minimum atomic E-state index is -0.114. The summed E-state index contributed by atoms with van der Waals surface area (Å²) < 4.78 is 3.25. The van der Waals surface area contributed by atoms with E-state index >= 15 is 0 Å². The monoisotopic (exact) mass is 266 g/mol. The first-order valence-electron chi connectivity index (χ1n) is 6.25. The number of benzene rings is 1. The minimum absolute atomic E-state index is 0.114. The van der Waals surface area contributed by atoms with Crippen molar-refractivity contribution >= 4 is 16.8 Å². The predicted octanol–water partition coefficient (Wildman–Crippen LogP) is 2.65. The lowest BCUT2D eigenvalue weighted by atomic mass is 10.1. The predicted molar refractivity (Wildman–Crippen MR) is 77.4 cm³/mol. The Morgan fingerprint density at radius 3 is 2.65 bits per heavy atom. The SMILES string of the molecule is C=C(C)C(=O)n1cc(-c2cn(C)nn2)c2ccccc21. The molecule has 3 aromatic rings. The third-order valence-electron chi connectivity index (χ3n) is 3.17. The van der Waals surface area contributed by atoms with E-state index in [-0.39, 0.29) is 5.91 Å². The summed E-state index contributed by atoms with van der Waals surface area (Å²) in [5.41, 5.74) is 2.98. The van der Waals surface area contributed by atoms with E-state index in [0.717, 1.165) is 22.2 Å². The van der Waals surface area contributed by atoms with Crippen LogP contribution in [-0.4, -0.2) is 25.5 Å². The van der Waals surface area contributed by atoms with E-state index in [1.54, 1.807) is 22.4 Å². The maximum atomic E-state index is 12.2. The lowest BCUT2D eigenvalue weighted by molar-refractivity contribution is 0.0961. The maximum Gasteiger partial charge on any atom is 0.257 e. The van der Waals surface area contributed by atoms with Gasteiger partial charge in [-0.25, -0.2) is 0 Å². The summed E-state index contributed by atoms with van der Waals surface area (Å²) in [6, 6.07) is 7.74. The fourth-order valence-corrected chi connectivity index (χ4v) is 2.23. The van der Waals surface area contributed by atoms with Crippen molar-refractivity contribution in [2.75, 3.05) is 0 Å². The van der Waals surface area contributed by atoms with E-state index in [2.05, 4.69) is 16.9 Å². The Balaban J connectivity index is 2.29. The van der Waals surface area contributed by atoms with Crippen molar-refractivity contribution in [3.8, 4) is 11.3 Å². The fourth-order valence-electron chi connectivity index (χ4n) is 2.23. The van der Waals surface area contributed by atoms with Crippen molar-refractivity contribution in [2.24, 2.45) is 7.05 Å². The Kier molecular flexibility index (Phi) is 2.75. The Labute approximate surface area is 116 Å². The van der Waals surface area contributed by atoms with Crippen LogP contribution >= 0.6 is 0 Å². The van der Waals surface area contributed by atoms with E-state index in [1.807, 2.05) is 37.5 Å². The molecule has 0 aliphatic heterocycles. The second-order valence-electron chi connectivity index (χ2n) is 4.79. The van der Waals surface area contributed by atoms with Crippen molar-refractivity contribution in [1.29, 1.82) is 0 Å². The molecule has 0 radical (unpaired) electrons. The summed E-state index contributed by atoms with van der Waals surface area (Å²) in [5.74, 6) is -0.114. The Morgan fingerprint density at radius 2 is 2.00 bits per heavy atom. The molecule has 0 saturated heterocycles. The summed E-state index contributed by atoms with van der Waals surface area (Å²) in [6.07, 6.45) is 3.63. The topological polar surface area (TPSA) is 52.7 Å². The summed E-state index contributed by atoms with van der Waals surface area (Å²) in [4.78, 5) is 12.2. The number of allylic oxidation sites excluding steroid dienone is 1. The number of hydrogen-bond donors (Lipinski definition) is 0.